The average molecular weight is 225 g/mol. The Kier molecular flexibility index (Phi) is 4.03. The summed E-state index contributed by atoms with van der Waals surface area (Å²) in [6.45, 7) is 4.02. The van der Waals surface area contributed by atoms with Crippen molar-refractivity contribution in [1.82, 2.24) is 0 Å². The fourth-order valence-corrected chi connectivity index (χ4v) is 1.89. The van der Waals surface area contributed by atoms with E-state index in [1.165, 1.54) is 11.8 Å². The first-order valence-corrected chi connectivity index (χ1v) is 5.94. The van der Waals surface area contributed by atoms with Crippen LogP contribution in [0.4, 0.5) is 5.69 Å². The normalized spacial score (nSPS) is 10.1. The van der Waals surface area contributed by atoms with Gasteiger partial charge in [-0.15, -0.1) is 11.8 Å². The molecule has 0 spiro atoms. The highest BCUT2D eigenvalue weighted by atomic mass is 32.2. The Bertz CT molecular complexity index is 377. The zero-order valence-corrected chi connectivity index (χ0v) is 9.98. The Hall–Kier alpha value is -1.16. The van der Waals surface area contributed by atoms with Crippen LogP contribution in [0.15, 0.2) is 17.0 Å². The first-order valence-electron chi connectivity index (χ1n) is 4.72. The highest BCUT2D eigenvalue weighted by Gasteiger charge is 2.17. The topological polar surface area (TPSA) is 52.3 Å². The average Bonchev–Trinajstić information content (AvgIpc) is 2.22. The van der Waals surface area contributed by atoms with Gasteiger partial charge in [0.1, 0.15) is 0 Å². The molecule has 3 nitrogen and oxygen atoms in total. The minimum atomic E-state index is -0.344. The Morgan fingerprint density at radius 1 is 1.53 bits per heavy atom. The molecule has 0 aliphatic carbocycles. The third kappa shape index (κ3) is 2.45. The van der Waals surface area contributed by atoms with Gasteiger partial charge in [-0.1, -0.05) is 6.07 Å². The second-order valence-electron chi connectivity index (χ2n) is 3.09. The van der Waals surface area contributed by atoms with E-state index in [0.29, 0.717) is 17.9 Å². The predicted octanol–water partition coefficient (Wildman–Crippen LogP) is 2.48. The fraction of sp³-hybridized carbons (Fsp3) is 0.364. The lowest BCUT2D eigenvalue weighted by molar-refractivity contribution is 0.0523. The van der Waals surface area contributed by atoms with Crippen LogP contribution >= 0.6 is 11.8 Å². The number of anilines is 1. The van der Waals surface area contributed by atoms with E-state index in [0.717, 1.165) is 10.5 Å². The number of rotatable bonds is 3. The summed E-state index contributed by atoms with van der Waals surface area (Å²) in [4.78, 5) is 12.5. The van der Waals surface area contributed by atoms with Crippen molar-refractivity contribution in [3.05, 3.63) is 23.3 Å². The van der Waals surface area contributed by atoms with Crippen LogP contribution in [-0.4, -0.2) is 18.8 Å². The monoisotopic (exact) mass is 225 g/mol. The van der Waals surface area contributed by atoms with Crippen molar-refractivity contribution in [1.29, 1.82) is 0 Å². The van der Waals surface area contributed by atoms with Gasteiger partial charge in [0.25, 0.3) is 0 Å². The van der Waals surface area contributed by atoms with Crippen LogP contribution < -0.4 is 5.73 Å². The van der Waals surface area contributed by atoms with E-state index in [-0.39, 0.29) is 5.97 Å². The number of carbonyl (C=O) groups excluding carboxylic acids is 1. The molecule has 4 heteroatoms. The molecule has 0 aliphatic rings. The second-order valence-corrected chi connectivity index (χ2v) is 3.94. The molecular formula is C11H15NO2S. The first-order chi connectivity index (χ1) is 7.11. The summed E-state index contributed by atoms with van der Waals surface area (Å²) in [5.74, 6) is -0.344. The molecule has 0 aromatic heterocycles. The van der Waals surface area contributed by atoms with Crippen molar-refractivity contribution >= 4 is 23.4 Å². The molecule has 0 radical (unpaired) electrons. The molecule has 0 amide bonds. The van der Waals surface area contributed by atoms with Gasteiger partial charge in [-0.3, -0.25) is 0 Å². The summed E-state index contributed by atoms with van der Waals surface area (Å²) < 4.78 is 4.97. The Morgan fingerprint density at radius 3 is 2.73 bits per heavy atom. The molecule has 0 heterocycles. The molecular weight excluding hydrogens is 210 g/mol. The van der Waals surface area contributed by atoms with Crippen LogP contribution in [0.25, 0.3) is 0 Å². The molecule has 0 unspecified atom stereocenters. The van der Waals surface area contributed by atoms with Crippen molar-refractivity contribution in [2.45, 2.75) is 18.7 Å². The van der Waals surface area contributed by atoms with Crippen LogP contribution in [0.1, 0.15) is 22.8 Å². The van der Waals surface area contributed by atoms with Crippen LogP contribution in [0.5, 0.6) is 0 Å². The number of ether oxygens (including phenoxy) is 1. The van der Waals surface area contributed by atoms with Crippen molar-refractivity contribution in [3.63, 3.8) is 0 Å². The van der Waals surface area contributed by atoms with E-state index in [1.54, 1.807) is 6.92 Å². The van der Waals surface area contributed by atoms with E-state index in [1.807, 2.05) is 25.3 Å². The summed E-state index contributed by atoms with van der Waals surface area (Å²) in [6.07, 6.45) is 1.91. The van der Waals surface area contributed by atoms with Crippen molar-refractivity contribution in [3.8, 4) is 0 Å². The van der Waals surface area contributed by atoms with Crippen LogP contribution in [0.2, 0.25) is 0 Å². The molecule has 0 saturated heterocycles. The molecule has 0 fully saturated rings. The lowest BCUT2D eigenvalue weighted by atomic mass is 10.1. The van der Waals surface area contributed by atoms with Gasteiger partial charge in [0.2, 0.25) is 0 Å². The number of nitrogen functional groups attached to an aromatic ring is 1. The Labute approximate surface area is 94.0 Å². The predicted molar refractivity (Wildman–Crippen MR) is 63.3 cm³/mol. The zero-order chi connectivity index (χ0) is 11.4. The van der Waals surface area contributed by atoms with Crippen molar-refractivity contribution in [2.24, 2.45) is 0 Å². The molecule has 1 aromatic rings. The van der Waals surface area contributed by atoms with Gasteiger partial charge < -0.3 is 10.5 Å². The minimum absolute atomic E-state index is 0.344. The largest absolute Gasteiger partial charge is 0.462 e. The third-order valence-electron chi connectivity index (χ3n) is 2.12. The maximum atomic E-state index is 11.7. The summed E-state index contributed by atoms with van der Waals surface area (Å²) in [6, 6.07) is 3.80. The fourth-order valence-electron chi connectivity index (χ4n) is 1.29. The highest BCUT2D eigenvalue weighted by molar-refractivity contribution is 7.98. The minimum Gasteiger partial charge on any atom is -0.462 e. The van der Waals surface area contributed by atoms with Crippen molar-refractivity contribution < 1.29 is 9.53 Å². The molecule has 1 aromatic carbocycles. The number of thioether (sulfide) groups is 1. The maximum absolute atomic E-state index is 11.7. The number of nitrogens with two attached hydrogens (primary N) is 1. The quantitative estimate of drug-likeness (QED) is 0.488. The van der Waals surface area contributed by atoms with E-state index in [2.05, 4.69) is 0 Å². The molecule has 0 atom stereocenters. The zero-order valence-electron chi connectivity index (χ0n) is 9.16. The standard InChI is InChI=1S/C11H15NO2S/c1-4-14-11(13)9-8(15-3)6-5-7(2)10(9)12/h5-6H,4,12H2,1-3H3. The smallest absolute Gasteiger partial charge is 0.341 e. The molecule has 82 valence electrons. The summed E-state index contributed by atoms with van der Waals surface area (Å²) in [7, 11) is 0. The number of benzene rings is 1. The van der Waals surface area contributed by atoms with Gasteiger partial charge in [0.05, 0.1) is 17.9 Å². The molecule has 0 saturated carbocycles. The number of carbonyl (C=O) groups is 1. The molecule has 1 rings (SSSR count). The highest BCUT2D eigenvalue weighted by Crippen LogP contribution is 2.28. The SMILES string of the molecule is CCOC(=O)c1c(SC)ccc(C)c1N. The third-order valence-corrected chi connectivity index (χ3v) is 2.90. The molecule has 15 heavy (non-hydrogen) atoms. The van der Waals surface area contributed by atoms with E-state index < -0.39 is 0 Å². The first kappa shape index (κ1) is 11.9. The van der Waals surface area contributed by atoms with Gasteiger partial charge in [-0.2, -0.15) is 0 Å². The lowest BCUT2D eigenvalue weighted by Gasteiger charge is -2.11. The summed E-state index contributed by atoms with van der Waals surface area (Å²) in [5.41, 5.74) is 7.78. The maximum Gasteiger partial charge on any atom is 0.341 e. The second kappa shape index (κ2) is 5.07. The summed E-state index contributed by atoms with van der Waals surface area (Å²) >= 11 is 1.49. The molecule has 0 bridgehead atoms. The number of esters is 1. The number of aryl methyl sites for hydroxylation is 1. The lowest BCUT2D eigenvalue weighted by Crippen LogP contribution is -2.10. The Balaban J connectivity index is 3.23. The van der Waals surface area contributed by atoms with Gasteiger partial charge in [-0.05, 0) is 31.7 Å². The van der Waals surface area contributed by atoms with Gasteiger partial charge >= 0.3 is 5.97 Å². The Morgan fingerprint density at radius 2 is 2.20 bits per heavy atom. The molecule has 0 aliphatic heterocycles. The molecule has 2 N–H and O–H groups in total. The van der Waals surface area contributed by atoms with Crippen LogP contribution in [0.3, 0.4) is 0 Å². The van der Waals surface area contributed by atoms with Crippen LogP contribution in [-0.2, 0) is 4.74 Å². The number of hydrogen-bond acceptors (Lipinski definition) is 4. The van der Waals surface area contributed by atoms with E-state index in [9.17, 15) is 4.79 Å². The van der Waals surface area contributed by atoms with Crippen LogP contribution in [0, 0.1) is 6.92 Å². The van der Waals surface area contributed by atoms with Gasteiger partial charge in [0, 0.05) is 4.90 Å². The number of hydrogen-bond donors (Lipinski definition) is 1. The van der Waals surface area contributed by atoms with E-state index in [4.69, 9.17) is 10.5 Å². The van der Waals surface area contributed by atoms with Gasteiger partial charge in [0.15, 0.2) is 0 Å². The van der Waals surface area contributed by atoms with Gasteiger partial charge in [-0.25, -0.2) is 4.79 Å². The van der Waals surface area contributed by atoms with Crippen molar-refractivity contribution in [2.75, 3.05) is 18.6 Å². The van der Waals surface area contributed by atoms with E-state index >= 15 is 0 Å². The summed E-state index contributed by atoms with van der Waals surface area (Å²) in [5, 5.41) is 0.